The summed E-state index contributed by atoms with van der Waals surface area (Å²) in [7, 11) is 4.66. The van der Waals surface area contributed by atoms with Crippen molar-refractivity contribution in [2.45, 2.75) is 84.8 Å². The average Bonchev–Trinajstić information content (AvgIpc) is 2.70. The smallest absolute Gasteiger partial charge is 0.204 e. The third-order valence-corrected chi connectivity index (χ3v) is 6.27. The SMILES string of the molecule is COC1=C(OC)C(O)C(CC=C(C)CCC=C(C)CCCC(C)(C)OC)C(C)C1=O. The van der Waals surface area contributed by atoms with E-state index in [1.54, 1.807) is 7.11 Å². The zero-order valence-corrected chi connectivity index (χ0v) is 20.2. The Hall–Kier alpha value is -1.59. The van der Waals surface area contributed by atoms with Gasteiger partial charge in [-0.25, -0.2) is 0 Å². The number of hydrogen-bond acceptors (Lipinski definition) is 5. The van der Waals surface area contributed by atoms with Crippen molar-refractivity contribution in [3.63, 3.8) is 0 Å². The zero-order valence-electron chi connectivity index (χ0n) is 20.2. The van der Waals surface area contributed by atoms with Gasteiger partial charge in [0.25, 0.3) is 0 Å². The molecule has 1 aliphatic carbocycles. The van der Waals surface area contributed by atoms with Crippen LogP contribution in [-0.4, -0.2) is 43.9 Å². The Morgan fingerprint density at radius 3 is 2.27 bits per heavy atom. The van der Waals surface area contributed by atoms with Crippen LogP contribution in [0.4, 0.5) is 0 Å². The maximum absolute atomic E-state index is 12.5. The third-order valence-electron chi connectivity index (χ3n) is 6.27. The van der Waals surface area contributed by atoms with Gasteiger partial charge in [0.05, 0.1) is 19.8 Å². The second-order valence-electron chi connectivity index (χ2n) is 9.06. The molecule has 172 valence electrons. The summed E-state index contributed by atoms with van der Waals surface area (Å²) in [5, 5.41) is 10.7. The van der Waals surface area contributed by atoms with Crippen molar-refractivity contribution in [3.05, 3.63) is 34.8 Å². The number of ether oxygens (including phenoxy) is 3. The normalized spacial score (nSPS) is 23.8. The van der Waals surface area contributed by atoms with Crippen molar-refractivity contribution in [2.24, 2.45) is 11.8 Å². The van der Waals surface area contributed by atoms with Gasteiger partial charge in [-0.2, -0.15) is 0 Å². The highest BCUT2D eigenvalue weighted by molar-refractivity contribution is 5.97. The Balaban J connectivity index is 2.57. The topological polar surface area (TPSA) is 65.0 Å². The highest BCUT2D eigenvalue weighted by Gasteiger charge is 2.42. The predicted molar refractivity (Wildman–Crippen MR) is 121 cm³/mol. The lowest BCUT2D eigenvalue weighted by Gasteiger charge is -2.33. The number of allylic oxidation sites excluding steroid dienone is 5. The van der Waals surface area contributed by atoms with Gasteiger partial charge in [-0.15, -0.1) is 0 Å². The van der Waals surface area contributed by atoms with E-state index in [9.17, 15) is 9.90 Å². The molecule has 0 aromatic heterocycles. The molecule has 0 aromatic carbocycles. The molecule has 0 fully saturated rings. The Labute approximate surface area is 183 Å². The number of ketones is 1. The molecule has 0 bridgehead atoms. The molecule has 0 heterocycles. The second kappa shape index (κ2) is 12.3. The van der Waals surface area contributed by atoms with Crippen LogP contribution in [0.5, 0.6) is 0 Å². The molecule has 0 saturated heterocycles. The highest BCUT2D eigenvalue weighted by atomic mass is 16.5. The van der Waals surface area contributed by atoms with E-state index in [2.05, 4.69) is 39.8 Å². The van der Waals surface area contributed by atoms with E-state index < -0.39 is 6.10 Å². The van der Waals surface area contributed by atoms with Crippen molar-refractivity contribution in [1.82, 2.24) is 0 Å². The molecule has 0 aliphatic heterocycles. The molecule has 30 heavy (non-hydrogen) atoms. The highest BCUT2D eigenvalue weighted by Crippen LogP contribution is 2.35. The van der Waals surface area contributed by atoms with Gasteiger partial charge in [-0.1, -0.05) is 30.2 Å². The van der Waals surface area contributed by atoms with Gasteiger partial charge in [0.15, 0.2) is 5.76 Å². The summed E-state index contributed by atoms with van der Waals surface area (Å²) < 4.78 is 15.9. The summed E-state index contributed by atoms with van der Waals surface area (Å²) in [5.74, 6) is -0.235. The number of aliphatic hydroxyl groups excluding tert-OH is 1. The van der Waals surface area contributed by atoms with Crippen molar-refractivity contribution >= 4 is 5.78 Å². The monoisotopic (exact) mass is 422 g/mol. The molecular formula is C25H42O5. The fourth-order valence-corrected chi connectivity index (χ4v) is 3.86. The summed E-state index contributed by atoms with van der Waals surface area (Å²) in [6.45, 7) is 10.4. The van der Waals surface area contributed by atoms with Gasteiger partial charge in [0.2, 0.25) is 11.5 Å². The van der Waals surface area contributed by atoms with E-state index in [1.807, 2.05) is 6.92 Å². The van der Waals surface area contributed by atoms with Crippen LogP contribution in [0.15, 0.2) is 34.8 Å². The lowest BCUT2D eigenvalue weighted by Crippen LogP contribution is -2.40. The first-order valence-corrected chi connectivity index (χ1v) is 11.0. The standard InChI is InChI=1S/C25H42O5/c1-17(13-10-16-25(4,5)30-8)11-9-12-18(2)14-15-20-19(3)21(26)23(28-6)24(29-7)22(20)27/h11,14,19-20,22,27H,9-10,12-13,15-16H2,1-8H3. The quantitative estimate of drug-likeness (QED) is 0.430. The van der Waals surface area contributed by atoms with Crippen LogP contribution >= 0.6 is 0 Å². The largest absolute Gasteiger partial charge is 0.494 e. The molecule has 1 N–H and O–H groups in total. The molecule has 1 aliphatic rings. The predicted octanol–water partition coefficient (Wildman–Crippen LogP) is 5.34. The number of carbonyl (C=O) groups excluding carboxylic acids is 1. The van der Waals surface area contributed by atoms with E-state index in [0.29, 0.717) is 6.42 Å². The summed E-state index contributed by atoms with van der Waals surface area (Å²) in [6.07, 6.45) is 9.51. The van der Waals surface area contributed by atoms with Crippen LogP contribution in [0.25, 0.3) is 0 Å². The summed E-state index contributed by atoms with van der Waals surface area (Å²) >= 11 is 0. The molecule has 0 spiro atoms. The number of carbonyl (C=O) groups is 1. The van der Waals surface area contributed by atoms with Crippen LogP contribution in [0, 0.1) is 11.8 Å². The average molecular weight is 423 g/mol. The molecule has 1 rings (SSSR count). The van der Waals surface area contributed by atoms with Gasteiger partial charge in [-0.05, 0) is 66.2 Å². The third kappa shape index (κ3) is 7.59. The van der Waals surface area contributed by atoms with Crippen molar-refractivity contribution in [2.75, 3.05) is 21.3 Å². The van der Waals surface area contributed by atoms with E-state index in [4.69, 9.17) is 14.2 Å². The minimum Gasteiger partial charge on any atom is -0.494 e. The van der Waals surface area contributed by atoms with Crippen LogP contribution < -0.4 is 0 Å². The summed E-state index contributed by atoms with van der Waals surface area (Å²) in [5.41, 5.74) is 2.63. The van der Waals surface area contributed by atoms with E-state index >= 15 is 0 Å². The van der Waals surface area contributed by atoms with Gasteiger partial charge in [0, 0.05) is 18.9 Å². The number of hydrogen-bond donors (Lipinski definition) is 1. The Bertz CT molecular complexity index is 656. The van der Waals surface area contributed by atoms with Gasteiger partial charge >= 0.3 is 0 Å². The zero-order chi connectivity index (χ0) is 22.9. The Morgan fingerprint density at radius 1 is 1.07 bits per heavy atom. The fourth-order valence-electron chi connectivity index (χ4n) is 3.86. The maximum atomic E-state index is 12.5. The minimum absolute atomic E-state index is 0.0519. The molecule has 3 atom stereocenters. The first-order chi connectivity index (χ1) is 14.1. The maximum Gasteiger partial charge on any atom is 0.204 e. The van der Waals surface area contributed by atoms with Gasteiger partial charge in [-0.3, -0.25) is 4.79 Å². The molecule has 0 amide bonds. The van der Waals surface area contributed by atoms with Crippen molar-refractivity contribution in [1.29, 1.82) is 0 Å². The van der Waals surface area contributed by atoms with Crippen LogP contribution in [0.2, 0.25) is 0 Å². The summed E-state index contributed by atoms with van der Waals surface area (Å²) in [4.78, 5) is 12.5. The number of rotatable bonds is 12. The molecule has 0 aromatic rings. The first-order valence-electron chi connectivity index (χ1n) is 11.0. The van der Waals surface area contributed by atoms with Crippen LogP contribution in [0.1, 0.15) is 73.1 Å². The van der Waals surface area contributed by atoms with E-state index in [0.717, 1.165) is 32.1 Å². The molecule has 3 unspecified atom stereocenters. The first kappa shape index (κ1) is 26.4. The van der Waals surface area contributed by atoms with Crippen molar-refractivity contribution in [3.8, 4) is 0 Å². The van der Waals surface area contributed by atoms with E-state index in [1.165, 1.54) is 25.4 Å². The lowest BCUT2D eigenvalue weighted by atomic mass is 9.77. The van der Waals surface area contributed by atoms with E-state index in [-0.39, 0.29) is 34.7 Å². The number of Topliss-reactive ketones (excluding diaryl/α,β-unsaturated/α-hetero) is 1. The fraction of sp³-hybridized carbons (Fsp3) is 0.720. The molecule has 0 saturated carbocycles. The molecule has 5 heteroatoms. The lowest BCUT2D eigenvalue weighted by molar-refractivity contribution is -0.128. The minimum atomic E-state index is -0.833. The van der Waals surface area contributed by atoms with Crippen molar-refractivity contribution < 1.29 is 24.1 Å². The molecule has 0 radical (unpaired) electrons. The van der Waals surface area contributed by atoms with Gasteiger partial charge < -0.3 is 19.3 Å². The van der Waals surface area contributed by atoms with Crippen LogP contribution in [-0.2, 0) is 19.0 Å². The molecule has 5 nitrogen and oxygen atoms in total. The molecular weight excluding hydrogens is 380 g/mol. The second-order valence-corrected chi connectivity index (χ2v) is 9.06. The Morgan fingerprint density at radius 2 is 1.70 bits per heavy atom. The van der Waals surface area contributed by atoms with Gasteiger partial charge in [0.1, 0.15) is 6.10 Å². The summed E-state index contributed by atoms with van der Waals surface area (Å²) in [6, 6.07) is 0. The number of methoxy groups -OCH3 is 3. The number of aliphatic hydroxyl groups is 1. The Kier molecular flexibility index (Phi) is 10.9. The van der Waals surface area contributed by atoms with Crippen LogP contribution in [0.3, 0.4) is 0 Å².